The lowest BCUT2D eigenvalue weighted by molar-refractivity contribution is 0.0949. The highest BCUT2D eigenvalue weighted by atomic mass is 16.6. The zero-order chi connectivity index (χ0) is 17.2. The van der Waals surface area contributed by atoms with Gasteiger partial charge in [-0.15, -0.1) is 0 Å². The number of carbonyl (C=O) groups is 1. The van der Waals surface area contributed by atoms with Crippen molar-refractivity contribution in [2.75, 3.05) is 19.8 Å². The summed E-state index contributed by atoms with van der Waals surface area (Å²) in [5.41, 5.74) is 3.34. The van der Waals surface area contributed by atoms with Crippen molar-refractivity contribution >= 4 is 11.6 Å². The zero-order valence-electron chi connectivity index (χ0n) is 14.0. The monoisotopic (exact) mass is 337 g/mol. The van der Waals surface area contributed by atoms with Crippen molar-refractivity contribution in [3.8, 4) is 11.5 Å². The van der Waals surface area contributed by atoms with E-state index in [2.05, 4.69) is 10.3 Å². The van der Waals surface area contributed by atoms with Crippen molar-refractivity contribution in [3.63, 3.8) is 0 Å². The number of hydrogen-bond donors (Lipinski definition) is 1. The number of carbonyl (C=O) groups excluding carboxylic acids is 1. The number of aromatic nitrogens is 2. The van der Waals surface area contributed by atoms with Crippen molar-refractivity contribution in [2.45, 2.75) is 13.3 Å². The summed E-state index contributed by atoms with van der Waals surface area (Å²) in [6, 6.07) is 11.7. The van der Waals surface area contributed by atoms with Crippen LogP contribution in [0.3, 0.4) is 0 Å². The summed E-state index contributed by atoms with van der Waals surface area (Å²) in [6.07, 6.45) is 2.48. The molecule has 0 saturated carbocycles. The molecular formula is C19H19N3O3. The largest absolute Gasteiger partial charge is 0.486 e. The lowest BCUT2D eigenvalue weighted by Gasteiger charge is -2.18. The fourth-order valence-electron chi connectivity index (χ4n) is 2.91. The minimum absolute atomic E-state index is 0.166. The van der Waals surface area contributed by atoms with E-state index in [0.717, 1.165) is 34.8 Å². The number of nitrogens with one attached hydrogen (secondary N) is 1. The van der Waals surface area contributed by atoms with Crippen LogP contribution in [0.2, 0.25) is 0 Å². The molecule has 3 aromatic rings. The van der Waals surface area contributed by atoms with Gasteiger partial charge in [0, 0.05) is 18.4 Å². The van der Waals surface area contributed by atoms with Crippen molar-refractivity contribution < 1.29 is 14.3 Å². The smallest absolute Gasteiger partial charge is 0.271 e. The van der Waals surface area contributed by atoms with Crippen molar-refractivity contribution in [1.82, 2.24) is 14.7 Å². The van der Waals surface area contributed by atoms with Crippen LogP contribution in [0.1, 0.15) is 21.7 Å². The molecule has 25 heavy (non-hydrogen) atoms. The van der Waals surface area contributed by atoms with Crippen LogP contribution in [-0.4, -0.2) is 35.1 Å². The number of nitrogens with zero attached hydrogens (tertiary/aromatic N) is 2. The Kier molecular flexibility index (Phi) is 4.01. The maximum atomic E-state index is 12.3. The van der Waals surface area contributed by atoms with Gasteiger partial charge in [0.05, 0.1) is 0 Å². The summed E-state index contributed by atoms with van der Waals surface area (Å²) in [6.45, 7) is 3.67. The van der Waals surface area contributed by atoms with Crippen LogP contribution in [0.5, 0.6) is 11.5 Å². The SMILES string of the molecule is Cc1cccc2nc(C(=O)NCCc3ccc4c(c3)OCCO4)cn12. The van der Waals surface area contributed by atoms with Gasteiger partial charge in [-0.25, -0.2) is 4.98 Å². The quantitative estimate of drug-likeness (QED) is 0.794. The number of ether oxygens (including phenoxy) is 2. The summed E-state index contributed by atoms with van der Waals surface area (Å²) in [5, 5.41) is 2.92. The third-order valence-corrected chi connectivity index (χ3v) is 4.23. The first-order valence-electron chi connectivity index (χ1n) is 8.32. The third kappa shape index (κ3) is 3.15. The van der Waals surface area contributed by atoms with Gasteiger partial charge in [-0.3, -0.25) is 4.79 Å². The number of amides is 1. The summed E-state index contributed by atoms with van der Waals surface area (Å²) >= 11 is 0. The molecule has 1 amide bonds. The van der Waals surface area contributed by atoms with Gasteiger partial charge < -0.3 is 19.2 Å². The molecule has 1 aromatic carbocycles. The number of benzene rings is 1. The number of hydrogen-bond acceptors (Lipinski definition) is 4. The molecule has 0 fully saturated rings. The second-order valence-electron chi connectivity index (χ2n) is 6.01. The summed E-state index contributed by atoms with van der Waals surface area (Å²) in [7, 11) is 0. The van der Waals surface area contributed by atoms with Gasteiger partial charge >= 0.3 is 0 Å². The molecule has 3 heterocycles. The number of imidazole rings is 1. The van der Waals surface area contributed by atoms with E-state index in [0.29, 0.717) is 25.5 Å². The molecule has 6 heteroatoms. The van der Waals surface area contributed by atoms with Crippen LogP contribution in [0, 0.1) is 6.92 Å². The highest BCUT2D eigenvalue weighted by Crippen LogP contribution is 2.30. The Hall–Kier alpha value is -3.02. The van der Waals surface area contributed by atoms with E-state index in [1.54, 1.807) is 6.20 Å². The second-order valence-corrected chi connectivity index (χ2v) is 6.01. The normalized spacial score (nSPS) is 13.0. The fourth-order valence-corrected chi connectivity index (χ4v) is 2.91. The third-order valence-electron chi connectivity index (χ3n) is 4.23. The van der Waals surface area contributed by atoms with Crippen LogP contribution in [0.4, 0.5) is 0 Å². The van der Waals surface area contributed by atoms with E-state index >= 15 is 0 Å². The van der Waals surface area contributed by atoms with Gasteiger partial charge in [-0.2, -0.15) is 0 Å². The topological polar surface area (TPSA) is 64.9 Å². The number of pyridine rings is 1. The predicted octanol–water partition coefficient (Wildman–Crippen LogP) is 2.39. The van der Waals surface area contributed by atoms with E-state index in [-0.39, 0.29) is 5.91 Å². The van der Waals surface area contributed by atoms with Gasteiger partial charge in [-0.1, -0.05) is 12.1 Å². The van der Waals surface area contributed by atoms with Gasteiger partial charge in [0.2, 0.25) is 0 Å². The van der Waals surface area contributed by atoms with E-state index in [9.17, 15) is 4.79 Å². The molecule has 0 atom stereocenters. The maximum Gasteiger partial charge on any atom is 0.271 e. The molecule has 2 aromatic heterocycles. The molecular weight excluding hydrogens is 318 g/mol. The summed E-state index contributed by atoms with van der Waals surface area (Å²) in [5.74, 6) is 1.38. The Labute approximate surface area is 145 Å². The number of rotatable bonds is 4. The van der Waals surface area contributed by atoms with Gasteiger partial charge in [0.25, 0.3) is 5.91 Å². The van der Waals surface area contributed by atoms with Crippen molar-refractivity contribution in [2.24, 2.45) is 0 Å². The minimum atomic E-state index is -0.166. The predicted molar refractivity (Wildman–Crippen MR) is 93.4 cm³/mol. The standard InChI is InChI=1S/C19H19N3O3/c1-13-3-2-4-18-21-15(12-22(13)18)19(23)20-8-7-14-5-6-16-17(11-14)25-10-9-24-16/h2-6,11-12H,7-10H2,1H3,(H,20,23). The molecule has 0 aliphatic carbocycles. The van der Waals surface area contributed by atoms with Crippen LogP contribution in [0.25, 0.3) is 5.65 Å². The first kappa shape index (κ1) is 15.5. The average Bonchev–Trinajstić information content (AvgIpc) is 3.07. The highest BCUT2D eigenvalue weighted by Gasteiger charge is 2.13. The second kappa shape index (κ2) is 6.47. The Morgan fingerprint density at radius 1 is 1.20 bits per heavy atom. The fraction of sp³-hybridized carbons (Fsp3) is 0.263. The van der Waals surface area contributed by atoms with Crippen LogP contribution < -0.4 is 14.8 Å². The maximum absolute atomic E-state index is 12.3. The molecule has 4 rings (SSSR count). The molecule has 0 saturated heterocycles. The molecule has 1 aliphatic heterocycles. The molecule has 0 unspecified atom stereocenters. The lowest BCUT2D eigenvalue weighted by atomic mass is 10.1. The Balaban J connectivity index is 1.39. The number of aryl methyl sites for hydroxylation is 1. The molecule has 0 bridgehead atoms. The Morgan fingerprint density at radius 2 is 2.04 bits per heavy atom. The van der Waals surface area contributed by atoms with Crippen molar-refractivity contribution in [1.29, 1.82) is 0 Å². The van der Waals surface area contributed by atoms with E-state index in [1.807, 2.05) is 47.7 Å². The van der Waals surface area contributed by atoms with Crippen molar-refractivity contribution in [3.05, 3.63) is 59.5 Å². The molecule has 0 radical (unpaired) electrons. The summed E-state index contributed by atoms with van der Waals surface area (Å²) < 4.78 is 13.0. The van der Waals surface area contributed by atoms with Crippen LogP contribution in [-0.2, 0) is 6.42 Å². The summed E-state index contributed by atoms with van der Waals surface area (Å²) in [4.78, 5) is 16.7. The van der Waals surface area contributed by atoms with Crippen LogP contribution >= 0.6 is 0 Å². The first-order valence-corrected chi connectivity index (χ1v) is 8.32. The molecule has 6 nitrogen and oxygen atoms in total. The van der Waals surface area contributed by atoms with E-state index in [1.165, 1.54) is 0 Å². The zero-order valence-corrected chi connectivity index (χ0v) is 14.0. The van der Waals surface area contributed by atoms with Gasteiger partial charge in [0.15, 0.2) is 11.5 Å². The molecule has 128 valence electrons. The van der Waals surface area contributed by atoms with Gasteiger partial charge in [-0.05, 0) is 43.2 Å². The van der Waals surface area contributed by atoms with Gasteiger partial charge in [0.1, 0.15) is 24.6 Å². The number of fused-ring (bicyclic) bond motifs is 2. The Bertz CT molecular complexity index is 933. The molecule has 0 spiro atoms. The van der Waals surface area contributed by atoms with E-state index < -0.39 is 0 Å². The molecule has 1 aliphatic rings. The van der Waals surface area contributed by atoms with Crippen LogP contribution in [0.15, 0.2) is 42.6 Å². The molecule has 1 N–H and O–H groups in total. The Morgan fingerprint density at radius 3 is 2.88 bits per heavy atom. The highest BCUT2D eigenvalue weighted by molar-refractivity contribution is 5.92. The first-order chi connectivity index (χ1) is 12.2. The minimum Gasteiger partial charge on any atom is -0.486 e. The average molecular weight is 337 g/mol. The van der Waals surface area contributed by atoms with E-state index in [4.69, 9.17) is 9.47 Å². The lowest BCUT2D eigenvalue weighted by Crippen LogP contribution is -2.26.